The van der Waals surface area contributed by atoms with Gasteiger partial charge in [0, 0.05) is 32.7 Å². The van der Waals surface area contributed by atoms with Gasteiger partial charge in [-0.2, -0.15) is 0 Å². The summed E-state index contributed by atoms with van der Waals surface area (Å²) < 4.78 is 6.09. The lowest BCUT2D eigenvalue weighted by molar-refractivity contribution is -0.120. The van der Waals surface area contributed by atoms with Gasteiger partial charge in [0.25, 0.3) is 0 Å². The topological polar surface area (TPSA) is 44.8 Å². The Hall–Kier alpha value is -2.37. The number of amides is 1. The maximum atomic E-state index is 13.3. The number of hydrogen-bond acceptors (Lipinski definition) is 4. The molecule has 158 valence electrons. The Morgan fingerprint density at radius 3 is 2.50 bits per heavy atom. The van der Waals surface area contributed by atoms with Crippen molar-refractivity contribution in [2.75, 3.05) is 51.7 Å². The molecule has 1 saturated carbocycles. The number of piperazine rings is 1. The maximum absolute atomic E-state index is 13.3. The van der Waals surface area contributed by atoms with E-state index < -0.39 is 0 Å². The minimum absolute atomic E-state index is 0.0513. The van der Waals surface area contributed by atoms with Crippen molar-refractivity contribution in [2.45, 2.75) is 24.7 Å². The molecule has 1 aliphatic heterocycles. The highest BCUT2D eigenvalue weighted by molar-refractivity contribution is 5.98. The van der Waals surface area contributed by atoms with Crippen molar-refractivity contribution in [3.63, 3.8) is 0 Å². The van der Waals surface area contributed by atoms with Gasteiger partial charge in [-0.05, 0) is 55.0 Å². The summed E-state index contributed by atoms with van der Waals surface area (Å²) in [4.78, 5) is 18.1. The third-order valence-electron chi connectivity index (χ3n) is 7.11. The van der Waals surface area contributed by atoms with Crippen LogP contribution in [0.25, 0.3) is 0 Å². The smallest absolute Gasteiger partial charge is 0.232 e. The molecule has 6 rings (SSSR count). The minimum Gasteiger partial charge on any atom is -0.490 e. The monoisotopic (exact) mass is 405 g/mol. The van der Waals surface area contributed by atoms with Crippen molar-refractivity contribution >= 4 is 11.6 Å². The third-order valence-corrected chi connectivity index (χ3v) is 7.11. The average Bonchev–Trinajstić information content (AvgIpc) is 2.74. The predicted molar refractivity (Wildman–Crippen MR) is 119 cm³/mol. The van der Waals surface area contributed by atoms with Crippen molar-refractivity contribution in [2.24, 2.45) is 5.92 Å². The van der Waals surface area contributed by atoms with E-state index in [1.54, 1.807) is 0 Å². The van der Waals surface area contributed by atoms with Crippen LogP contribution in [0.5, 0.6) is 5.75 Å². The number of ether oxygens (including phenoxy) is 1. The van der Waals surface area contributed by atoms with Crippen LogP contribution in [0, 0.1) is 5.92 Å². The second-order valence-corrected chi connectivity index (χ2v) is 9.01. The van der Waals surface area contributed by atoms with Gasteiger partial charge in [-0.15, -0.1) is 0 Å². The van der Waals surface area contributed by atoms with Crippen LogP contribution in [0.15, 0.2) is 48.5 Å². The van der Waals surface area contributed by atoms with Crippen LogP contribution in [-0.4, -0.2) is 62.1 Å². The van der Waals surface area contributed by atoms with E-state index in [0.717, 1.165) is 57.0 Å². The zero-order valence-corrected chi connectivity index (χ0v) is 17.7. The Kier molecular flexibility index (Phi) is 5.48. The quantitative estimate of drug-likeness (QED) is 0.798. The molecule has 1 unspecified atom stereocenters. The lowest BCUT2D eigenvalue weighted by Crippen LogP contribution is -2.45. The highest BCUT2D eigenvalue weighted by atomic mass is 16.5. The number of carbonyl (C=O) groups excluding carboxylic acids is 1. The fourth-order valence-corrected chi connectivity index (χ4v) is 5.23. The fourth-order valence-electron chi connectivity index (χ4n) is 5.23. The highest BCUT2D eigenvalue weighted by Gasteiger charge is 2.46. The molecule has 0 spiro atoms. The van der Waals surface area contributed by atoms with Gasteiger partial charge in [0.1, 0.15) is 12.4 Å². The summed E-state index contributed by atoms with van der Waals surface area (Å²) in [5.41, 5.74) is 3.37. The molecule has 2 aromatic rings. The zero-order chi connectivity index (χ0) is 20.5. The van der Waals surface area contributed by atoms with Crippen LogP contribution in [0.4, 0.5) is 5.69 Å². The summed E-state index contributed by atoms with van der Waals surface area (Å²) in [7, 11) is 2.17. The van der Waals surface area contributed by atoms with Gasteiger partial charge in [-0.1, -0.05) is 36.4 Å². The van der Waals surface area contributed by atoms with Gasteiger partial charge in [0.15, 0.2) is 0 Å². The van der Waals surface area contributed by atoms with E-state index >= 15 is 0 Å². The van der Waals surface area contributed by atoms with E-state index in [9.17, 15) is 4.79 Å². The molecule has 1 saturated heterocycles. The van der Waals surface area contributed by atoms with E-state index in [-0.39, 0.29) is 11.8 Å². The summed E-state index contributed by atoms with van der Waals surface area (Å²) in [6.07, 6.45) is 2.27. The van der Waals surface area contributed by atoms with Crippen molar-refractivity contribution in [1.82, 2.24) is 9.80 Å². The summed E-state index contributed by atoms with van der Waals surface area (Å²) in [5, 5.41) is 3.19. The van der Waals surface area contributed by atoms with Crippen molar-refractivity contribution in [3.8, 4) is 5.75 Å². The molecule has 1 atom stereocenters. The molecule has 3 aliphatic carbocycles. The number of benzene rings is 2. The van der Waals surface area contributed by atoms with Crippen molar-refractivity contribution in [3.05, 3.63) is 59.7 Å². The van der Waals surface area contributed by atoms with E-state index in [1.807, 2.05) is 24.3 Å². The number of nitrogens with zero attached hydrogens (tertiary/aromatic N) is 2. The molecule has 1 amide bonds. The molecule has 30 heavy (non-hydrogen) atoms. The summed E-state index contributed by atoms with van der Waals surface area (Å²) >= 11 is 0. The lowest BCUT2D eigenvalue weighted by atomic mass is 9.57. The molecule has 0 aromatic heterocycles. The molecule has 2 aromatic carbocycles. The van der Waals surface area contributed by atoms with Crippen LogP contribution in [0.3, 0.4) is 0 Å². The molecule has 0 radical (unpaired) electrons. The lowest BCUT2D eigenvalue weighted by Gasteiger charge is -2.47. The summed E-state index contributed by atoms with van der Waals surface area (Å²) in [6.45, 7) is 5.93. The third kappa shape index (κ3) is 3.84. The number of nitrogens with one attached hydrogen (secondary N) is 1. The van der Waals surface area contributed by atoms with E-state index in [0.29, 0.717) is 18.4 Å². The van der Waals surface area contributed by atoms with E-state index in [4.69, 9.17) is 4.74 Å². The first-order chi connectivity index (χ1) is 14.7. The first-order valence-corrected chi connectivity index (χ1v) is 11.2. The zero-order valence-electron chi connectivity index (χ0n) is 17.7. The molecular weight excluding hydrogens is 374 g/mol. The van der Waals surface area contributed by atoms with Gasteiger partial charge < -0.3 is 15.0 Å². The first kappa shape index (κ1) is 19.6. The second-order valence-electron chi connectivity index (χ2n) is 9.01. The Balaban J connectivity index is 1.23. The summed E-state index contributed by atoms with van der Waals surface area (Å²) in [6, 6.07) is 16.3. The Bertz CT molecular complexity index is 901. The number of likely N-dealkylation sites (N-methyl/N-ethyl adjacent to an activating group) is 1. The highest BCUT2D eigenvalue weighted by Crippen LogP contribution is 2.55. The fraction of sp³-hybridized carbons (Fsp3) is 0.480. The van der Waals surface area contributed by atoms with Gasteiger partial charge in [-0.25, -0.2) is 0 Å². The van der Waals surface area contributed by atoms with Crippen LogP contribution < -0.4 is 10.1 Å². The Morgan fingerprint density at radius 2 is 1.70 bits per heavy atom. The number of para-hydroxylation sites is 2. The molecule has 5 heteroatoms. The van der Waals surface area contributed by atoms with Gasteiger partial charge in [-0.3, -0.25) is 9.69 Å². The number of carbonyl (C=O) groups is 1. The Labute approximate surface area is 179 Å². The van der Waals surface area contributed by atoms with E-state index in [2.05, 4.69) is 46.4 Å². The summed E-state index contributed by atoms with van der Waals surface area (Å²) in [5.74, 6) is 1.93. The van der Waals surface area contributed by atoms with Gasteiger partial charge >= 0.3 is 0 Å². The normalized spacial score (nSPS) is 25.8. The molecule has 5 nitrogen and oxygen atoms in total. The average molecular weight is 406 g/mol. The molecular formula is C25H31N3O2. The SMILES string of the molecule is CN1CCN(CCOc2ccccc2NC(=O)C2c3ccccc3C3CC2C3)CC1. The maximum Gasteiger partial charge on any atom is 0.232 e. The second kappa shape index (κ2) is 8.40. The van der Waals surface area contributed by atoms with Crippen molar-refractivity contribution in [1.29, 1.82) is 0 Å². The number of anilines is 1. The van der Waals surface area contributed by atoms with Gasteiger partial charge in [0.05, 0.1) is 11.6 Å². The molecule has 2 bridgehead atoms. The largest absolute Gasteiger partial charge is 0.490 e. The predicted octanol–water partition coefficient (Wildman–Crippen LogP) is 3.54. The number of hydrogen-bond donors (Lipinski definition) is 1. The van der Waals surface area contributed by atoms with Crippen LogP contribution in [0.2, 0.25) is 0 Å². The van der Waals surface area contributed by atoms with E-state index in [1.165, 1.54) is 11.1 Å². The number of rotatable bonds is 6. The standard InChI is InChI=1S/C25H31N3O2/c1-27-10-12-28(13-11-27)14-15-30-23-9-5-4-8-22(23)26-25(29)24-19-16-18(17-19)20-6-2-3-7-21(20)24/h2-9,18-19,24H,10-17H2,1H3,(H,26,29). The molecule has 1 heterocycles. The van der Waals surface area contributed by atoms with Crippen LogP contribution >= 0.6 is 0 Å². The first-order valence-electron chi connectivity index (χ1n) is 11.2. The minimum atomic E-state index is -0.0513. The molecule has 1 N–H and O–H groups in total. The molecule has 4 aliphatic rings. The van der Waals surface area contributed by atoms with Crippen LogP contribution in [0.1, 0.15) is 35.8 Å². The van der Waals surface area contributed by atoms with Crippen LogP contribution in [-0.2, 0) is 4.79 Å². The van der Waals surface area contributed by atoms with Gasteiger partial charge in [0.2, 0.25) is 5.91 Å². The van der Waals surface area contributed by atoms with Crippen molar-refractivity contribution < 1.29 is 9.53 Å². The Morgan fingerprint density at radius 1 is 1.00 bits per heavy atom. The molecule has 2 fully saturated rings.